The van der Waals surface area contributed by atoms with Gasteiger partial charge in [0.2, 0.25) is 0 Å². The molecule has 28 heavy (non-hydrogen) atoms. The summed E-state index contributed by atoms with van der Waals surface area (Å²) in [5, 5.41) is 0. The summed E-state index contributed by atoms with van der Waals surface area (Å²) in [7, 11) is 1.92. The molecule has 3 aromatic rings. The van der Waals surface area contributed by atoms with Crippen LogP contribution in [-0.4, -0.2) is 33.3 Å². The number of pyridine rings is 1. The number of carbonyl (C=O) groups is 1. The highest BCUT2D eigenvalue weighted by Crippen LogP contribution is 2.27. The first kappa shape index (κ1) is 18.5. The fraction of sp³-hybridized carbons (Fsp3) is 0.391. The third kappa shape index (κ3) is 4.03. The van der Waals surface area contributed by atoms with Gasteiger partial charge >= 0.3 is 0 Å². The number of ether oxygens (including phenoxy) is 1. The highest BCUT2D eigenvalue weighted by Gasteiger charge is 2.25. The molecule has 146 valence electrons. The Labute approximate surface area is 166 Å². The molecule has 5 nitrogen and oxygen atoms in total. The van der Waals surface area contributed by atoms with Crippen molar-refractivity contribution in [2.45, 2.75) is 45.3 Å². The van der Waals surface area contributed by atoms with E-state index in [1.54, 1.807) is 0 Å². The summed E-state index contributed by atoms with van der Waals surface area (Å²) in [5.41, 5.74) is 2.43. The molecule has 1 saturated carbocycles. The van der Waals surface area contributed by atoms with Gasteiger partial charge in [-0.15, -0.1) is 0 Å². The van der Waals surface area contributed by atoms with Crippen LogP contribution in [0.5, 0.6) is 5.75 Å². The number of nitrogens with zero attached hydrogens (tertiary/aromatic N) is 3. The van der Waals surface area contributed by atoms with Gasteiger partial charge < -0.3 is 14.0 Å². The first-order valence-electron chi connectivity index (χ1n) is 10.0. The zero-order valence-corrected chi connectivity index (χ0v) is 16.5. The van der Waals surface area contributed by atoms with E-state index < -0.39 is 0 Å². The van der Waals surface area contributed by atoms with Gasteiger partial charge in [0.25, 0.3) is 5.91 Å². The maximum Gasteiger partial charge on any atom is 0.253 e. The van der Waals surface area contributed by atoms with Crippen LogP contribution in [0.2, 0.25) is 0 Å². The molecule has 2 heterocycles. The first-order valence-corrected chi connectivity index (χ1v) is 10.0. The smallest absolute Gasteiger partial charge is 0.253 e. The number of hydrogen-bond donors (Lipinski definition) is 0. The van der Waals surface area contributed by atoms with Gasteiger partial charge in [0, 0.05) is 31.0 Å². The number of benzene rings is 1. The van der Waals surface area contributed by atoms with E-state index in [9.17, 15) is 4.79 Å². The van der Waals surface area contributed by atoms with Crippen LogP contribution < -0.4 is 4.74 Å². The van der Waals surface area contributed by atoms with Crippen molar-refractivity contribution in [1.82, 2.24) is 14.3 Å². The Bertz CT molecular complexity index is 924. The monoisotopic (exact) mass is 377 g/mol. The van der Waals surface area contributed by atoms with Gasteiger partial charge in [-0.1, -0.05) is 19.1 Å². The Morgan fingerprint density at radius 3 is 2.79 bits per heavy atom. The highest BCUT2D eigenvalue weighted by atomic mass is 16.5. The predicted octanol–water partition coefficient (Wildman–Crippen LogP) is 4.56. The standard InChI is InChI=1S/C23H27N3O2/c1-17-9-11-20(12-10-17)25(2)23(27)18-6-5-7-21(14-18)28-16-19-15-26-13-4-3-8-22(26)24-19/h3-8,13-15,17,20H,9-12,16H2,1-2H3. The third-order valence-corrected chi connectivity index (χ3v) is 5.74. The van der Waals surface area contributed by atoms with Gasteiger partial charge in [-0.25, -0.2) is 4.98 Å². The Hall–Kier alpha value is -2.82. The van der Waals surface area contributed by atoms with Crippen LogP contribution in [0.15, 0.2) is 54.9 Å². The van der Waals surface area contributed by atoms with Gasteiger partial charge in [0.1, 0.15) is 18.0 Å². The van der Waals surface area contributed by atoms with Crippen LogP contribution >= 0.6 is 0 Å². The zero-order chi connectivity index (χ0) is 19.5. The van der Waals surface area contributed by atoms with E-state index in [1.807, 2.05) is 71.2 Å². The molecule has 1 aromatic carbocycles. The molecular formula is C23H27N3O2. The fourth-order valence-corrected chi connectivity index (χ4v) is 3.93. The number of carbonyl (C=O) groups excluding carboxylic acids is 1. The topological polar surface area (TPSA) is 46.8 Å². The average molecular weight is 377 g/mol. The van der Waals surface area contributed by atoms with E-state index in [-0.39, 0.29) is 5.91 Å². The largest absolute Gasteiger partial charge is 0.487 e. The molecule has 0 spiro atoms. The Balaban J connectivity index is 1.41. The summed E-state index contributed by atoms with van der Waals surface area (Å²) in [6.45, 7) is 2.66. The minimum Gasteiger partial charge on any atom is -0.487 e. The number of amides is 1. The SMILES string of the molecule is CC1CCC(N(C)C(=O)c2cccc(OCc3cn4ccccc4n3)c2)CC1. The molecule has 1 aliphatic rings. The molecule has 0 saturated heterocycles. The van der Waals surface area contributed by atoms with Crippen LogP contribution in [0.25, 0.3) is 5.65 Å². The third-order valence-electron chi connectivity index (χ3n) is 5.74. The van der Waals surface area contributed by atoms with E-state index in [0.717, 1.165) is 30.1 Å². The van der Waals surface area contributed by atoms with Crippen molar-refractivity contribution in [3.8, 4) is 5.75 Å². The van der Waals surface area contributed by atoms with Crippen molar-refractivity contribution in [3.05, 3.63) is 66.1 Å². The lowest BCUT2D eigenvalue weighted by Gasteiger charge is -2.33. The summed E-state index contributed by atoms with van der Waals surface area (Å²) < 4.78 is 7.88. The number of imidazole rings is 1. The van der Waals surface area contributed by atoms with Crippen LogP contribution in [0, 0.1) is 5.92 Å². The van der Waals surface area contributed by atoms with Crippen molar-refractivity contribution < 1.29 is 9.53 Å². The number of hydrogen-bond acceptors (Lipinski definition) is 3. The maximum absolute atomic E-state index is 12.9. The molecule has 0 unspecified atom stereocenters. The Kier molecular flexibility index (Phi) is 5.33. The van der Waals surface area contributed by atoms with Crippen LogP contribution in [-0.2, 0) is 6.61 Å². The first-order chi connectivity index (χ1) is 13.6. The molecule has 5 heteroatoms. The quantitative estimate of drug-likeness (QED) is 0.655. The second kappa shape index (κ2) is 8.05. The number of rotatable bonds is 5. The summed E-state index contributed by atoms with van der Waals surface area (Å²) in [6, 6.07) is 13.7. The van der Waals surface area contributed by atoms with Gasteiger partial charge in [-0.3, -0.25) is 4.79 Å². The minimum atomic E-state index is 0.0673. The van der Waals surface area contributed by atoms with Crippen molar-refractivity contribution in [1.29, 1.82) is 0 Å². The van der Waals surface area contributed by atoms with Gasteiger partial charge in [0.05, 0.1) is 5.69 Å². The molecule has 0 N–H and O–H groups in total. The average Bonchev–Trinajstić information content (AvgIpc) is 3.15. The Morgan fingerprint density at radius 1 is 1.18 bits per heavy atom. The molecular weight excluding hydrogens is 350 g/mol. The van der Waals surface area contributed by atoms with Gasteiger partial charge in [-0.05, 0) is 61.9 Å². The second-order valence-corrected chi connectivity index (χ2v) is 7.84. The van der Waals surface area contributed by atoms with E-state index in [0.29, 0.717) is 24.0 Å². The van der Waals surface area contributed by atoms with Crippen molar-refractivity contribution >= 4 is 11.6 Å². The molecule has 1 fully saturated rings. The molecule has 1 amide bonds. The van der Waals surface area contributed by atoms with E-state index in [1.165, 1.54) is 12.8 Å². The highest BCUT2D eigenvalue weighted by molar-refractivity contribution is 5.94. The molecule has 0 atom stereocenters. The van der Waals surface area contributed by atoms with Gasteiger partial charge in [-0.2, -0.15) is 0 Å². The number of aromatic nitrogens is 2. The molecule has 2 aromatic heterocycles. The van der Waals surface area contributed by atoms with Crippen LogP contribution in [0.3, 0.4) is 0 Å². The molecule has 0 radical (unpaired) electrons. The zero-order valence-electron chi connectivity index (χ0n) is 16.5. The minimum absolute atomic E-state index is 0.0673. The normalized spacial score (nSPS) is 19.5. The summed E-state index contributed by atoms with van der Waals surface area (Å²) >= 11 is 0. The van der Waals surface area contributed by atoms with Crippen LogP contribution in [0.1, 0.15) is 48.7 Å². The summed E-state index contributed by atoms with van der Waals surface area (Å²) in [6.07, 6.45) is 8.50. The lowest BCUT2D eigenvalue weighted by Crippen LogP contribution is -2.39. The molecule has 0 bridgehead atoms. The van der Waals surface area contributed by atoms with E-state index in [2.05, 4.69) is 11.9 Å². The van der Waals surface area contributed by atoms with Crippen molar-refractivity contribution in [2.75, 3.05) is 7.05 Å². The van der Waals surface area contributed by atoms with Crippen molar-refractivity contribution in [3.63, 3.8) is 0 Å². The molecule has 4 rings (SSSR count). The summed E-state index contributed by atoms with van der Waals surface area (Å²) in [4.78, 5) is 19.4. The summed E-state index contributed by atoms with van der Waals surface area (Å²) in [5.74, 6) is 1.53. The predicted molar refractivity (Wildman–Crippen MR) is 109 cm³/mol. The molecule has 1 aliphatic carbocycles. The maximum atomic E-state index is 12.9. The van der Waals surface area contributed by atoms with E-state index in [4.69, 9.17) is 4.74 Å². The second-order valence-electron chi connectivity index (χ2n) is 7.84. The fourth-order valence-electron chi connectivity index (χ4n) is 3.93. The number of fused-ring (bicyclic) bond motifs is 1. The lowest BCUT2D eigenvalue weighted by atomic mass is 9.86. The Morgan fingerprint density at radius 2 is 2.00 bits per heavy atom. The van der Waals surface area contributed by atoms with Crippen LogP contribution in [0.4, 0.5) is 0 Å². The van der Waals surface area contributed by atoms with Gasteiger partial charge in [0.15, 0.2) is 0 Å². The van der Waals surface area contributed by atoms with E-state index >= 15 is 0 Å². The molecule has 0 aliphatic heterocycles. The lowest BCUT2D eigenvalue weighted by molar-refractivity contribution is 0.0679. The van der Waals surface area contributed by atoms with Crippen molar-refractivity contribution in [2.24, 2.45) is 5.92 Å².